The van der Waals surface area contributed by atoms with Crippen molar-refractivity contribution in [2.45, 2.75) is 19.5 Å². The van der Waals surface area contributed by atoms with Crippen molar-refractivity contribution in [2.75, 3.05) is 19.8 Å². The van der Waals surface area contributed by atoms with Crippen molar-refractivity contribution >= 4 is 5.97 Å². The maximum atomic E-state index is 11.0. The van der Waals surface area contributed by atoms with Gasteiger partial charge in [-0.1, -0.05) is 0 Å². The second-order valence-electron chi connectivity index (χ2n) is 3.75. The van der Waals surface area contributed by atoms with E-state index in [1.807, 2.05) is 11.8 Å². The summed E-state index contributed by atoms with van der Waals surface area (Å²) < 4.78 is 10.2. The molecule has 0 aliphatic carbocycles. The lowest BCUT2D eigenvalue weighted by molar-refractivity contribution is -0.150. The Hall–Kier alpha value is -1.40. The van der Waals surface area contributed by atoms with Gasteiger partial charge in [-0.3, -0.25) is 9.69 Å². The lowest BCUT2D eigenvalue weighted by atomic mass is 10.2. The molecule has 6 nitrogen and oxygen atoms in total. The van der Waals surface area contributed by atoms with Gasteiger partial charge >= 0.3 is 5.97 Å². The summed E-state index contributed by atoms with van der Waals surface area (Å²) in [5, 5.41) is 9.04. The van der Waals surface area contributed by atoms with E-state index in [1.54, 1.807) is 0 Å². The second-order valence-corrected chi connectivity index (χ2v) is 3.75. The van der Waals surface area contributed by atoms with E-state index < -0.39 is 12.0 Å². The Morgan fingerprint density at radius 3 is 3.19 bits per heavy atom. The number of aryl methyl sites for hydroxylation is 1. The van der Waals surface area contributed by atoms with Gasteiger partial charge in [0.2, 0.25) is 0 Å². The third-order valence-corrected chi connectivity index (χ3v) is 2.72. The summed E-state index contributed by atoms with van der Waals surface area (Å²) >= 11 is 0. The van der Waals surface area contributed by atoms with Crippen LogP contribution in [0.2, 0.25) is 0 Å². The standard InChI is InChI=1S/C10H14N2O4/c1-7-8(11-6-16-7)4-12-2-3-15-5-9(12)10(13)14/h6,9H,2-5H2,1H3,(H,13,14). The van der Waals surface area contributed by atoms with Crippen LogP contribution in [0.25, 0.3) is 0 Å². The van der Waals surface area contributed by atoms with Gasteiger partial charge < -0.3 is 14.3 Å². The summed E-state index contributed by atoms with van der Waals surface area (Å²) in [5.41, 5.74) is 0.785. The summed E-state index contributed by atoms with van der Waals surface area (Å²) in [6.07, 6.45) is 1.38. The maximum absolute atomic E-state index is 11.0. The molecule has 2 heterocycles. The fourth-order valence-electron chi connectivity index (χ4n) is 1.73. The van der Waals surface area contributed by atoms with Crippen LogP contribution < -0.4 is 0 Å². The van der Waals surface area contributed by atoms with Gasteiger partial charge in [0.25, 0.3) is 0 Å². The van der Waals surface area contributed by atoms with Crippen molar-refractivity contribution in [2.24, 2.45) is 0 Å². The summed E-state index contributed by atoms with van der Waals surface area (Å²) in [7, 11) is 0. The number of ether oxygens (including phenoxy) is 1. The van der Waals surface area contributed by atoms with Crippen molar-refractivity contribution in [1.29, 1.82) is 0 Å². The van der Waals surface area contributed by atoms with Gasteiger partial charge in [-0.25, -0.2) is 4.98 Å². The number of morpholine rings is 1. The maximum Gasteiger partial charge on any atom is 0.323 e. The van der Waals surface area contributed by atoms with Gasteiger partial charge in [0.1, 0.15) is 11.8 Å². The van der Waals surface area contributed by atoms with E-state index in [1.165, 1.54) is 6.39 Å². The Bertz CT molecular complexity index is 377. The van der Waals surface area contributed by atoms with E-state index in [9.17, 15) is 4.79 Å². The van der Waals surface area contributed by atoms with Crippen LogP contribution in [0.15, 0.2) is 10.8 Å². The van der Waals surface area contributed by atoms with Gasteiger partial charge in [0.05, 0.1) is 18.9 Å². The summed E-state index contributed by atoms with van der Waals surface area (Å²) in [4.78, 5) is 16.9. The Morgan fingerprint density at radius 1 is 1.75 bits per heavy atom. The molecule has 1 fully saturated rings. The third-order valence-electron chi connectivity index (χ3n) is 2.72. The predicted octanol–water partition coefficient (Wildman–Crippen LogP) is 0.268. The van der Waals surface area contributed by atoms with Crippen LogP contribution in [0.3, 0.4) is 0 Å². The minimum atomic E-state index is -0.860. The van der Waals surface area contributed by atoms with E-state index in [4.69, 9.17) is 14.3 Å². The highest BCUT2D eigenvalue weighted by Crippen LogP contribution is 2.14. The summed E-state index contributed by atoms with van der Waals surface area (Å²) in [5.74, 6) is -0.128. The molecule has 0 amide bonds. The first-order chi connectivity index (χ1) is 7.68. The van der Waals surface area contributed by atoms with Gasteiger partial charge in [-0.15, -0.1) is 0 Å². The highest BCUT2D eigenvalue weighted by Gasteiger charge is 2.29. The molecule has 1 aromatic rings. The van der Waals surface area contributed by atoms with E-state index in [-0.39, 0.29) is 6.61 Å². The smallest absolute Gasteiger partial charge is 0.323 e. The number of hydrogen-bond acceptors (Lipinski definition) is 5. The average molecular weight is 226 g/mol. The van der Waals surface area contributed by atoms with Crippen LogP contribution in [0, 0.1) is 6.92 Å². The van der Waals surface area contributed by atoms with Crippen molar-refractivity contribution < 1.29 is 19.1 Å². The molecule has 1 aromatic heterocycles. The van der Waals surface area contributed by atoms with E-state index in [0.717, 1.165) is 11.5 Å². The van der Waals surface area contributed by atoms with Crippen molar-refractivity contribution in [3.05, 3.63) is 17.8 Å². The fourth-order valence-corrected chi connectivity index (χ4v) is 1.73. The first-order valence-corrected chi connectivity index (χ1v) is 5.12. The SMILES string of the molecule is Cc1ocnc1CN1CCOCC1C(=O)O. The molecule has 1 unspecified atom stereocenters. The zero-order valence-corrected chi connectivity index (χ0v) is 9.05. The van der Waals surface area contributed by atoms with Gasteiger partial charge in [0, 0.05) is 13.1 Å². The number of carbonyl (C=O) groups is 1. The minimum Gasteiger partial charge on any atom is -0.480 e. The molecular formula is C10H14N2O4. The topological polar surface area (TPSA) is 75.8 Å². The summed E-state index contributed by atoms with van der Waals surface area (Å²) in [6.45, 7) is 3.69. The lowest BCUT2D eigenvalue weighted by Gasteiger charge is -2.32. The monoisotopic (exact) mass is 226 g/mol. The number of carboxylic acids is 1. The van der Waals surface area contributed by atoms with E-state index in [0.29, 0.717) is 19.7 Å². The molecule has 6 heteroatoms. The zero-order chi connectivity index (χ0) is 11.5. The van der Waals surface area contributed by atoms with Crippen LogP contribution in [0.4, 0.5) is 0 Å². The molecule has 0 saturated carbocycles. The molecule has 0 radical (unpaired) electrons. The Morgan fingerprint density at radius 2 is 2.56 bits per heavy atom. The quantitative estimate of drug-likeness (QED) is 0.797. The van der Waals surface area contributed by atoms with Crippen LogP contribution in [0.1, 0.15) is 11.5 Å². The molecular weight excluding hydrogens is 212 g/mol. The summed E-state index contributed by atoms with van der Waals surface area (Å²) in [6, 6.07) is -0.593. The molecule has 1 atom stereocenters. The molecule has 0 spiro atoms. The molecule has 16 heavy (non-hydrogen) atoms. The highest BCUT2D eigenvalue weighted by atomic mass is 16.5. The Kier molecular flexibility index (Phi) is 3.21. The molecule has 1 aliphatic heterocycles. The van der Waals surface area contributed by atoms with Crippen LogP contribution >= 0.6 is 0 Å². The van der Waals surface area contributed by atoms with Crippen LogP contribution in [0.5, 0.6) is 0 Å². The number of rotatable bonds is 3. The number of carboxylic acid groups (broad SMARTS) is 1. The molecule has 1 aliphatic rings. The molecule has 2 rings (SSSR count). The zero-order valence-electron chi connectivity index (χ0n) is 9.05. The number of oxazole rings is 1. The van der Waals surface area contributed by atoms with Crippen LogP contribution in [-0.2, 0) is 16.1 Å². The van der Waals surface area contributed by atoms with Crippen LogP contribution in [-0.4, -0.2) is 46.8 Å². The number of aliphatic carboxylic acids is 1. The second kappa shape index (κ2) is 4.63. The lowest BCUT2D eigenvalue weighted by Crippen LogP contribution is -2.49. The number of nitrogens with zero attached hydrogens (tertiary/aromatic N) is 2. The van der Waals surface area contributed by atoms with Gasteiger partial charge in [-0.05, 0) is 6.92 Å². The van der Waals surface area contributed by atoms with Gasteiger partial charge in [0.15, 0.2) is 6.39 Å². The van der Waals surface area contributed by atoms with E-state index >= 15 is 0 Å². The Balaban J connectivity index is 2.07. The van der Waals surface area contributed by atoms with Gasteiger partial charge in [-0.2, -0.15) is 0 Å². The molecule has 88 valence electrons. The average Bonchev–Trinajstić information content (AvgIpc) is 2.65. The van der Waals surface area contributed by atoms with Crippen molar-refractivity contribution in [3.8, 4) is 0 Å². The predicted molar refractivity (Wildman–Crippen MR) is 53.9 cm³/mol. The third kappa shape index (κ3) is 2.23. The van der Waals surface area contributed by atoms with E-state index in [2.05, 4.69) is 4.98 Å². The molecule has 1 N–H and O–H groups in total. The molecule has 0 aromatic carbocycles. The molecule has 0 bridgehead atoms. The first-order valence-electron chi connectivity index (χ1n) is 5.12. The Labute approximate surface area is 92.8 Å². The number of hydrogen-bond donors (Lipinski definition) is 1. The normalized spacial score (nSPS) is 22.2. The fraction of sp³-hybridized carbons (Fsp3) is 0.600. The molecule has 1 saturated heterocycles. The highest BCUT2D eigenvalue weighted by molar-refractivity contribution is 5.73. The van der Waals surface area contributed by atoms with Crippen molar-refractivity contribution in [1.82, 2.24) is 9.88 Å². The number of aromatic nitrogens is 1. The largest absolute Gasteiger partial charge is 0.480 e. The first kappa shape index (κ1) is 11.1. The van der Waals surface area contributed by atoms with Crippen molar-refractivity contribution in [3.63, 3.8) is 0 Å². The minimum absolute atomic E-state index is 0.228.